The second kappa shape index (κ2) is 4.72. The van der Waals surface area contributed by atoms with Crippen LogP contribution in [-0.2, 0) is 4.79 Å². The van der Waals surface area contributed by atoms with Gasteiger partial charge in [0.15, 0.2) is 5.60 Å². The van der Waals surface area contributed by atoms with Crippen molar-refractivity contribution >= 4 is 5.91 Å². The summed E-state index contributed by atoms with van der Waals surface area (Å²) in [4.78, 5) is 11.8. The molecule has 1 aliphatic heterocycles. The molecule has 0 aromatic rings. The summed E-state index contributed by atoms with van der Waals surface area (Å²) >= 11 is 0. The summed E-state index contributed by atoms with van der Waals surface area (Å²) in [5, 5.41) is 23.7. The van der Waals surface area contributed by atoms with Gasteiger partial charge in [-0.2, -0.15) is 5.26 Å². The van der Waals surface area contributed by atoms with Gasteiger partial charge in [-0.3, -0.25) is 4.79 Å². The summed E-state index contributed by atoms with van der Waals surface area (Å²) in [6.07, 6.45) is 7.48. The van der Waals surface area contributed by atoms with Gasteiger partial charge in [0.1, 0.15) is 0 Å². The van der Waals surface area contributed by atoms with Crippen LogP contribution in [0.15, 0.2) is 0 Å². The number of rotatable bonds is 0. The molecular formula is C19H28N2O2. The summed E-state index contributed by atoms with van der Waals surface area (Å²) < 4.78 is 0. The summed E-state index contributed by atoms with van der Waals surface area (Å²) in [5.74, 6) is 1.90. The Morgan fingerprint density at radius 2 is 1.87 bits per heavy atom. The lowest BCUT2D eigenvalue weighted by Crippen LogP contribution is -2.62. The molecule has 3 saturated carbocycles. The standard InChI is InChI=1S/C19H28N2O2/c1-17-8-7-16(22)21-15(17)4-3-12-13(17)5-9-18(2)14(12)6-10-19(18,23)11-20/h12-15,23H,3-10H2,1-2H3,(H,21,22)/t12-,13+,14+,15-,17-,18+,19?/m1/s1. The van der Waals surface area contributed by atoms with Gasteiger partial charge in [0, 0.05) is 17.9 Å². The first-order valence-corrected chi connectivity index (χ1v) is 9.27. The molecule has 3 aliphatic carbocycles. The maximum Gasteiger partial charge on any atom is 0.220 e. The third kappa shape index (κ3) is 1.83. The number of amides is 1. The number of nitriles is 1. The van der Waals surface area contributed by atoms with E-state index in [0.717, 1.165) is 38.5 Å². The van der Waals surface area contributed by atoms with Crippen LogP contribution in [-0.4, -0.2) is 22.7 Å². The molecular weight excluding hydrogens is 288 g/mol. The predicted octanol–water partition coefficient (Wildman–Crippen LogP) is 2.76. The van der Waals surface area contributed by atoms with E-state index in [9.17, 15) is 15.2 Å². The van der Waals surface area contributed by atoms with Crippen molar-refractivity contribution in [2.75, 3.05) is 0 Å². The van der Waals surface area contributed by atoms with Crippen LogP contribution in [0, 0.1) is 39.9 Å². The fourth-order valence-corrected chi connectivity index (χ4v) is 6.90. The number of nitrogens with zero attached hydrogens (tertiary/aromatic N) is 1. The van der Waals surface area contributed by atoms with Gasteiger partial charge in [-0.05, 0) is 68.1 Å². The molecule has 0 aromatic heterocycles. The van der Waals surface area contributed by atoms with Crippen LogP contribution in [0.5, 0.6) is 0 Å². The Labute approximate surface area is 138 Å². The summed E-state index contributed by atoms with van der Waals surface area (Å²) in [6, 6.07) is 2.57. The fourth-order valence-electron chi connectivity index (χ4n) is 6.90. The Morgan fingerprint density at radius 1 is 1.13 bits per heavy atom. The van der Waals surface area contributed by atoms with Gasteiger partial charge < -0.3 is 10.4 Å². The highest BCUT2D eigenvalue weighted by Crippen LogP contribution is 2.66. The van der Waals surface area contributed by atoms with E-state index >= 15 is 0 Å². The van der Waals surface area contributed by atoms with E-state index in [0.29, 0.717) is 36.6 Å². The van der Waals surface area contributed by atoms with Crippen molar-refractivity contribution in [1.29, 1.82) is 5.26 Å². The number of nitrogens with one attached hydrogen (secondary N) is 1. The van der Waals surface area contributed by atoms with E-state index in [4.69, 9.17) is 0 Å². The van der Waals surface area contributed by atoms with Crippen LogP contribution in [0.2, 0.25) is 0 Å². The summed E-state index contributed by atoms with van der Waals surface area (Å²) in [5.41, 5.74) is -1.18. The van der Waals surface area contributed by atoms with E-state index in [-0.39, 0.29) is 16.7 Å². The maximum atomic E-state index is 11.8. The Kier molecular flexibility index (Phi) is 3.17. The van der Waals surface area contributed by atoms with Crippen LogP contribution in [0.4, 0.5) is 0 Å². The Hall–Kier alpha value is -1.08. The Bertz CT molecular complexity index is 584. The topological polar surface area (TPSA) is 73.1 Å². The molecule has 1 unspecified atom stereocenters. The van der Waals surface area contributed by atoms with Crippen molar-refractivity contribution < 1.29 is 9.90 Å². The molecule has 1 saturated heterocycles. The fraction of sp³-hybridized carbons (Fsp3) is 0.895. The minimum absolute atomic E-state index is 0.200. The van der Waals surface area contributed by atoms with Crippen molar-refractivity contribution in [2.45, 2.75) is 76.9 Å². The summed E-state index contributed by atoms with van der Waals surface area (Å²) in [6.45, 7) is 4.53. The molecule has 0 aromatic carbocycles. The van der Waals surface area contributed by atoms with Crippen LogP contribution < -0.4 is 5.32 Å². The quantitative estimate of drug-likeness (QED) is 0.675. The second-order valence-electron chi connectivity index (χ2n) is 9.05. The molecule has 1 amide bonds. The van der Waals surface area contributed by atoms with Crippen LogP contribution >= 0.6 is 0 Å². The van der Waals surface area contributed by atoms with Crippen molar-refractivity contribution in [2.24, 2.45) is 28.6 Å². The third-order valence-electron chi connectivity index (χ3n) is 8.43. The zero-order valence-electron chi connectivity index (χ0n) is 14.3. The first-order chi connectivity index (χ1) is 10.8. The average Bonchev–Trinajstić information content (AvgIpc) is 2.80. The van der Waals surface area contributed by atoms with E-state index in [2.05, 4.69) is 25.2 Å². The summed E-state index contributed by atoms with van der Waals surface area (Å²) in [7, 11) is 0. The second-order valence-corrected chi connectivity index (χ2v) is 9.05. The smallest absolute Gasteiger partial charge is 0.220 e. The highest BCUT2D eigenvalue weighted by atomic mass is 16.3. The highest BCUT2D eigenvalue weighted by molar-refractivity contribution is 5.77. The highest BCUT2D eigenvalue weighted by Gasteiger charge is 2.65. The number of carbonyl (C=O) groups is 1. The van der Waals surface area contributed by atoms with Gasteiger partial charge in [0.05, 0.1) is 6.07 Å². The lowest BCUT2D eigenvalue weighted by atomic mass is 9.46. The Morgan fingerprint density at radius 3 is 2.61 bits per heavy atom. The molecule has 7 atom stereocenters. The largest absolute Gasteiger partial charge is 0.375 e. The lowest BCUT2D eigenvalue weighted by Gasteiger charge is -2.60. The third-order valence-corrected chi connectivity index (χ3v) is 8.43. The zero-order chi connectivity index (χ0) is 16.5. The molecule has 1 heterocycles. The van der Waals surface area contributed by atoms with Crippen molar-refractivity contribution in [1.82, 2.24) is 5.32 Å². The molecule has 126 valence electrons. The van der Waals surface area contributed by atoms with Gasteiger partial charge in [0.25, 0.3) is 0 Å². The van der Waals surface area contributed by atoms with Crippen LogP contribution in [0.25, 0.3) is 0 Å². The number of aliphatic hydroxyl groups is 1. The molecule has 4 fully saturated rings. The molecule has 23 heavy (non-hydrogen) atoms. The number of carbonyl (C=O) groups excluding carboxylic acids is 1. The number of hydrogen-bond donors (Lipinski definition) is 2. The molecule has 4 rings (SSSR count). The van der Waals surface area contributed by atoms with Crippen molar-refractivity contribution in [3.05, 3.63) is 0 Å². The minimum Gasteiger partial charge on any atom is -0.375 e. The first-order valence-electron chi connectivity index (χ1n) is 9.27. The predicted molar refractivity (Wildman–Crippen MR) is 86.1 cm³/mol. The van der Waals surface area contributed by atoms with Gasteiger partial charge in [-0.25, -0.2) is 0 Å². The molecule has 4 nitrogen and oxygen atoms in total. The lowest BCUT2D eigenvalue weighted by molar-refractivity contribution is -0.142. The monoisotopic (exact) mass is 316 g/mol. The van der Waals surface area contributed by atoms with Crippen molar-refractivity contribution in [3.8, 4) is 6.07 Å². The first kappa shape index (κ1) is 15.4. The van der Waals surface area contributed by atoms with E-state index in [1.54, 1.807) is 0 Å². The molecule has 0 bridgehead atoms. The van der Waals surface area contributed by atoms with E-state index in [1.165, 1.54) is 0 Å². The Balaban J connectivity index is 1.66. The average molecular weight is 316 g/mol. The molecule has 2 N–H and O–H groups in total. The van der Waals surface area contributed by atoms with Gasteiger partial charge in [-0.15, -0.1) is 0 Å². The number of fused-ring (bicyclic) bond motifs is 5. The van der Waals surface area contributed by atoms with Crippen LogP contribution in [0.3, 0.4) is 0 Å². The molecule has 0 spiro atoms. The molecule has 0 radical (unpaired) electrons. The maximum absolute atomic E-state index is 11.8. The zero-order valence-corrected chi connectivity index (χ0v) is 14.3. The van der Waals surface area contributed by atoms with Crippen molar-refractivity contribution in [3.63, 3.8) is 0 Å². The molecule has 4 heteroatoms. The van der Waals surface area contributed by atoms with E-state index in [1.807, 2.05) is 0 Å². The normalized spacial score (nSPS) is 55.1. The molecule has 4 aliphatic rings. The SMILES string of the molecule is C[C@]12CCC(=O)N[C@@H]1CC[C@@H]1[C@@H]2CC[C@@]2(C)[C@H]1CCC2(O)C#N. The van der Waals surface area contributed by atoms with Gasteiger partial charge >= 0.3 is 0 Å². The number of hydrogen-bond acceptors (Lipinski definition) is 3. The van der Waals surface area contributed by atoms with Gasteiger partial charge in [0.2, 0.25) is 5.91 Å². The van der Waals surface area contributed by atoms with E-state index < -0.39 is 5.60 Å². The minimum atomic E-state index is -1.14. The van der Waals surface area contributed by atoms with Gasteiger partial charge in [-0.1, -0.05) is 13.8 Å². The van der Waals surface area contributed by atoms with Crippen LogP contribution in [0.1, 0.15) is 65.2 Å². The number of piperidine rings is 1.